The number of halogens is 2. The average molecular weight is 242 g/mol. The van der Waals surface area contributed by atoms with E-state index >= 15 is 0 Å². The molecule has 0 aliphatic rings. The summed E-state index contributed by atoms with van der Waals surface area (Å²) in [7, 11) is 0. The third-order valence-corrected chi connectivity index (χ3v) is 2.60. The maximum atomic E-state index is 13.4. The molecular weight excluding hydrogens is 238 g/mol. The van der Waals surface area contributed by atoms with Crippen LogP contribution in [-0.4, -0.2) is 20.7 Å². The molecule has 4 nitrogen and oxygen atoms in total. The van der Waals surface area contributed by atoms with Crippen LogP contribution in [0, 0.1) is 11.6 Å². The second-order valence-electron chi connectivity index (χ2n) is 2.85. The van der Waals surface area contributed by atoms with Gasteiger partial charge in [0.1, 0.15) is 17.3 Å². The van der Waals surface area contributed by atoms with Crippen molar-refractivity contribution in [1.29, 1.82) is 0 Å². The molecule has 0 saturated heterocycles. The molecule has 82 valence electrons. The molecule has 0 fully saturated rings. The monoisotopic (exact) mass is 242 g/mol. The van der Waals surface area contributed by atoms with Crippen LogP contribution in [0.5, 0.6) is 0 Å². The average Bonchev–Trinajstić information content (AvgIpc) is 2.66. The normalized spacial score (nSPS) is 10.4. The topological polar surface area (TPSA) is 63.1 Å². The van der Waals surface area contributed by atoms with Crippen LogP contribution in [0.2, 0.25) is 0 Å². The molecule has 0 atom stereocenters. The first-order chi connectivity index (χ1) is 7.61. The highest BCUT2D eigenvalue weighted by Crippen LogP contribution is 2.28. The van der Waals surface area contributed by atoms with E-state index in [1.54, 1.807) is 0 Å². The van der Waals surface area contributed by atoms with Gasteiger partial charge >= 0.3 is 5.97 Å². The Kier molecular flexibility index (Phi) is 2.61. The third kappa shape index (κ3) is 1.65. The summed E-state index contributed by atoms with van der Waals surface area (Å²) in [6.45, 7) is 0. The van der Waals surface area contributed by atoms with E-state index in [0.29, 0.717) is 11.5 Å². The molecule has 2 aromatic rings. The molecule has 1 heterocycles. The fraction of sp³-hybridized carbons (Fsp3) is 0. The van der Waals surface area contributed by atoms with Gasteiger partial charge < -0.3 is 5.11 Å². The van der Waals surface area contributed by atoms with Crippen LogP contribution >= 0.6 is 11.5 Å². The summed E-state index contributed by atoms with van der Waals surface area (Å²) in [5.74, 6) is -3.04. The lowest BCUT2D eigenvalue weighted by atomic mass is 10.1. The molecule has 16 heavy (non-hydrogen) atoms. The van der Waals surface area contributed by atoms with Gasteiger partial charge in [-0.05, 0) is 23.7 Å². The maximum absolute atomic E-state index is 13.4. The zero-order chi connectivity index (χ0) is 11.7. The highest BCUT2D eigenvalue weighted by atomic mass is 32.1. The Hall–Kier alpha value is -1.89. The summed E-state index contributed by atoms with van der Waals surface area (Å²) >= 11 is 0.576. The molecule has 0 aliphatic heterocycles. The first kappa shape index (κ1) is 10.6. The Bertz CT molecular complexity index is 536. The minimum Gasteiger partial charge on any atom is -0.477 e. The number of aromatic nitrogens is 2. The maximum Gasteiger partial charge on any atom is 0.349 e. The van der Waals surface area contributed by atoms with Crippen molar-refractivity contribution in [2.45, 2.75) is 0 Å². The van der Waals surface area contributed by atoms with Crippen LogP contribution < -0.4 is 0 Å². The second-order valence-corrected chi connectivity index (χ2v) is 3.61. The molecule has 0 bridgehead atoms. The Morgan fingerprint density at radius 1 is 1.31 bits per heavy atom. The molecular formula is C9H4F2N2O2S. The van der Waals surface area contributed by atoms with Crippen molar-refractivity contribution < 1.29 is 18.7 Å². The van der Waals surface area contributed by atoms with E-state index in [0.717, 1.165) is 12.1 Å². The van der Waals surface area contributed by atoms with Crippen molar-refractivity contribution in [2.75, 3.05) is 0 Å². The number of aromatic carboxylic acids is 1. The van der Waals surface area contributed by atoms with E-state index in [9.17, 15) is 13.6 Å². The number of carbonyl (C=O) groups is 1. The lowest BCUT2D eigenvalue weighted by Gasteiger charge is -2.01. The minimum atomic E-state index is -1.31. The SMILES string of the molecule is O=C(O)c1snnc1-c1c(F)cccc1F. The first-order valence-corrected chi connectivity index (χ1v) is 4.88. The Morgan fingerprint density at radius 2 is 1.94 bits per heavy atom. The Morgan fingerprint density at radius 3 is 2.50 bits per heavy atom. The van der Waals surface area contributed by atoms with Crippen LogP contribution in [0.15, 0.2) is 18.2 Å². The highest BCUT2D eigenvalue weighted by molar-refractivity contribution is 7.08. The fourth-order valence-electron chi connectivity index (χ4n) is 1.22. The molecule has 0 unspecified atom stereocenters. The Balaban J connectivity index is 2.68. The summed E-state index contributed by atoms with van der Waals surface area (Å²) in [6.07, 6.45) is 0. The predicted octanol–water partition coefficient (Wildman–Crippen LogP) is 2.18. The van der Waals surface area contributed by atoms with Gasteiger partial charge in [0.2, 0.25) is 0 Å². The number of rotatable bonds is 2. The van der Waals surface area contributed by atoms with Crippen LogP contribution in [0.25, 0.3) is 11.3 Å². The fourth-order valence-corrected chi connectivity index (χ4v) is 1.73. The highest BCUT2D eigenvalue weighted by Gasteiger charge is 2.22. The van der Waals surface area contributed by atoms with Gasteiger partial charge in [0.15, 0.2) is 4.88 Å². The van der Waals surface area contributed by atoms with E-state index < -0.39 is 23.2 Å². The van der Waals surface area contributed by atoms with E-state index in [2.05, 4.69) is 9.59 Å². The summed E-state index contributed by atoms with van der Waals surface area (Å²) in [4.78, 5) is 10.5. The molecule has 0 spiro atoms. The van der Waals surface area contributed by atoms with Crippen LogP contribution in [0.4, 0.5) is 8.78 Å². The van der Waals surface area contributed by atoms with Gasteiger partial charge in [0.25, 0.3) is 0 Å². The lowest BCUT2D eigenvalue weighted by molar-refractivity contribution is 0.0702. The number of carboxylic acid groups (broad SMARTS) is 1. The van der Waals surface area contributed by atoms with Gasteiger partial charge in [-0.25, -0.2) is 13.6 Å². The van der Waals surface area contributed by atoms with Crippen molar-refractivity contribution in [3.8, 4) is 11.3 Å². The molecule has 1 N–H and O–H groups in total. The first-order valence-electron chi connectivity index (χ1n) is 4.11. The van der Waals surface area contributed by atoms with Gasteiger partial charge in [0, 0.05) is 0 Å². The molecule has 0 radical (unpaired) electrons. The van der Waals surface area contributed by atoms with Crippen molar-refractivity contribution >= 4 is 17.5 Å². The van der Waals surface area contributed by atoms with Gasteiger partial charge in [0.05, 0.1) is 5.56 Å². The van der Waals surface area contributed by atoms with Crippen molar-refractivity contribution in [1.82, 2.24) is 9.59 Å². The van der Waals surface area contributed by atoms with Crippen molar-refractivity contribution in [2.24, 2.45) is 0 Å². The third-order valence-electron chi connectivity index (χ3n) is 1.88. The van der Waals surface area contributed by atoms with E-state index in [1.165, 1.54) is 6.07 Å². The minimum absolute atomic E-state index is 0.284. The number of benzene rings is 1. The molecule has 1 aromatic carbocycles. The number of carboxylic acids is 1. The molecule has 1 aromatic heterocycles. The molecule has 0 saturated carbocycles. The van der Waals surface area contributed by atoms with Gasteiger partial charge in [-0.3, -0.25) is 0 Å². The predicted molar refractivity (Wildman–Crippen MR) is 52.2 cm³/mol. The zero-order valence-electron chi connectivity index (χ0n) is 7.65. The Labute approximate surface area is 92.3 Å². The van der Waals surface area contributed by atoms with Crippen LogP contribution in [-0.2, 0) is 0 Å². The second kappa shape index (κ2) is 3.93. The summed E-state index contributed by atoms with van der Waals surface area (Å²) in [5, 5.41) is 12.2. The zero-order valence-corrected chi connectivity index (χ0v) is 8.46. The molecule has 7 heteroatoms. The van der Waals surface area contributed by atoms with Gasteiger partial charge in [-0.2, -0.15) is 0 Å². The molecule has 2 rings (SSSR count). The number of nitrogens with zero attached hydrogens (tertiary/aromatic N) is 2. The number of hydrogen-bond acceptors (Lipinski definition) is 4. The number of hydrogen-bond donors (Lipinski definition) is 1. The lowest BCUT2D eigenvalue weighted by Crippen LogP contribution is -1.98. The van der Waals surface area contributed by atoms with Crippen molar-refractivity contribution in [3.63, 3.8) is 0 Å². The summed E-state index contributed by atoms with van der Waals surface area (Å²) in [6, 6.07) is 3.25. The van der Waals surface area contributed by atoms with Gasteiger partial charge in [-0.1, -0.05) is 10.6 Å². The smallest absolute Gasteiger partial charge is 0.349 e. The quantitative estimate of drug-likeness (QED) is 0.876. The van der Waals surface area contributed by atoms with E-state index in [1.807, 2.05) is 0 Å². The summed E-state index contributed by atoms with van der Waals surface area (Å²) in [5.41, 5.74) is -0.748. The van der Waals surface area contributed by atoms with E-state index in [-0.39, 0.29) is 10.6 Å². The largest absolute Gasteiger partial charge is 0.477 e. The molecule has 0 amide bonds. The van der Waals surface area contributed by atoms with Crippen LogP contribution in [0.3, 0.4) is 0 Å². The van der Waals surface area contributed by atoms with Gasteiger partial charge in [-0.15, -0.1) is 5.10 Å². The van der Waals surface area contributed by atoms with Crippen LogP contribution in [0.1, 0.15) is 9.67 Å². The standard InChI is InChI=1S/C9H4F2N2O2S/c10-4-2-1-3-5(11)6(4)7-8(9(14)15)16-13-12-7/h1-3H,(H,14,15). The van der Waals surface area contributed by atoms with Crippen molar-refractivity contribution in [3.05, 3.63) is 34.7 Å². The van der Waals surface area contributed by atoms with E-state index in [4.69, 9.17) is 5.11 Å². The summed E-state index contributed by atoms with van der Waals surface area (Å²) < 4.78 is 30.1. The molecule has 0 aliphatic carbocycles.